The molecule has 1 amide bonds. The fraction of sp³-hybridized carbons (Fsp3) is 0.923. The molecule has 0 atom stereocenters. The van der Waals surface area contributed by atoms with E-state index < -0.39 is 0 Å². The molecule has 0 aliphatic heterocycles. The molecule has 0 bridgehead atoms. The zero-order valence-electron chi connectivity index (χ0n) is 10.1. The van der Waals surface area contributed by atoms with Crippen LogP contribution in [0.3, 0.4) is 0 Å². The third kappa shape index (κ3) is 4.52. The van der Waals surface area contributed by atoms with Gasteiger partial charge in [0.25, 0.3) is 0 Å². The predicted octanol–water partition coefficient (Wildman–Crippen LogP) is 1.82. The van der Waals surface area contributed by atoms with Crippen molar-refractivity contribution in [1.29, 1.82) is 0 Å². The Morgan fingerprint density at radius 2 is 1.88 bits per heavy atom. The Morgan fingerprint density at radius 1 is 1.12 bits per heavy atom. The van der Waals surface area contributed by atoms with E-state index >= 15 is 0 Å². The van der Waals surface area contributed by atoms with E-state index in [0.717, 1.165) is 12.5 Å². The summed E-state index contributed by atoms with van der Waals surface area (Å²) in [5, 5.41) is 6.32. The van der Waals surface area contributed by atoms with Gasteiger partial charge in [-0.2, -0.15) is 0 Å². The lowest BCUT2D eigenvalue weighted by atomic mass is 10.2. The summed E-state index contributed by atoms with van der Waals surface area (Å²) < 4.78 is 0. The Kier molecular flexibility index (Phi) is 4.64. The Balaban J connectivity index is 1.43. The molecule has 2 aliphatic carbocycles. The van der Waals surface area contributed by atoms with Gasteiger partial charge in [-0.1, -0.05) is 25.7 Å². The molecule has 0 aromatic carbocycles. The smallest absolute Gasteiger partial charge is 0.234 e. The van der Waals surface area contributed by atoms with Gasteiger partial charge in [-0.3, -0.25) is 4.79 Å². The molecule has 0 aromatic rings. The molecular weight excluding hydrogens is 200 g/mol. The lowest BCUT2D eigenvalue weighted by Crippen LogP contribution is -2.39. The molecule has 2 rings (SSSR count). The number of hydrogen-bond donors (Lipinski definition) is 2. The second-order valence-corrected chi connectivity index (χ2v) is 5.31. The first kappa shape index (κ1) is 11.9. The third-order valence-electron chi connectivity index (χ3n) is 3.67. The van der Waals surface area contributed by atoms with E-state index in [-0.39, 0.29) is 5.91 Å². The van der Waals surface area contributed by atoms with Gasteiger partial charge in [0.15, 0.2) is 0 Å². The number of hydrogen-bond acceptors (Lipinski definition) is 2. The van der Waals surface area contributed by atoms with E-state index in [1.165, 1.54) is 51.4 Å². The van der Waals surface area contributed by atoms with Crippen molar-refractivity contribution in [3.8, 4) is 0 Å². The molecule has 0 unspecified atom stereocenters. The van der Waals surface area contributed by atoms with Crippen molar-refractivity contribution in [1.82, 2.24) is 10.6 Å². The van der Waals surface area contributed by atoms with Gasteiger partial charge >= 0.3 is 0 Å². The van der Waals surface area contributed by atoms with Gasteiger partial charge in [0.1, 0.15) is 0 Å². The molecule has 2 fully saturated rings. The zero-order valence-corrected chi connectivity index (χ0v) is 10.1. The number of nitrogens with one attached hydrogen (secondary N) is 2. The molecule has 2 aliphatic rings. The molecule has 0 aromatic heterocycles. The van der Waals surface area contributed by atoms with Crippen LogP contribution in [0.1, 0.15) is 51.4 Å². The van der Waals surface area contributed by atoms with Crippen LogP contribution in [-0.4, -0.2) is 25.0 Å². The van der Waals surface area contributed by atoms with Crippen LogP contribution in [0.15, 0.2) is 0 Å². The summed E-state index contributed by atoms with van der Waals surface area (Å²) in [7, 11) is 0. The van der Waals surface area contributed by atoms with Crippen LogP contribution in [0.25, 0.3) is 0 Å². The van der Waals surface area contributed by atoms with Gasteiger partial charge < -0.3 is 10.6 Å². The Bertz CT molecular complexity index is 220. The molecule has 2 N–H and O–H groups in total. The van der Waals surface area contributed by atoms with Crippen LogP contribution in [0.5, 0.6) is 0 Å². The monoisotopic (exact) mass is 224 g/mol. The highest BCUT2D eigenvalue weighted by Crippen LogP contribution is 2.33. The van der Waals surface area contributed by atoms with Crippen molar-refractivity contribution < 1.29 is 4.79 Å². The molecule has 0 heterocycles. The average molecular weight is 224 g/mol. The number of rotatable bonds is 7. The van der Waals surface area contributed by atoms with Crippen LogP contribution in [-0.2, 0) is 4.79 Å². The molecular formula is C13H24N2O. The second kappa shape index (κ2) is 6.24. The first-order valence-electron chi connectivity index (χ1n) is 6.84. The SMILES string of the molecule is O=C(CNCCCC1CC1)NC1CCCC1. The van der Waals surface area contributed by atoms with E-state index in [1.54, 1.807) is 0 Å². The van der Waals surface area contributed by atoms with E-state index in [1.807, 2.05) is 0 Å². The van der Waals surface area contributed by atoms with Crippen molar-refractivity contribution in [2.45, 2.75) is 57.4 Å². The third-order valence-corrected chi connectivity index (χ3v) is 3.67. The van der Waals surface area contributed by atoms with Crippen molar-refractivity contribution in [2.75, 3.05) is 13.1 Å². The molecule has 2 saturated carbocycles. The van der Waals surface area contributed by atoms with Crippen LogP contribution >= 0.6 is 0 Å². The Morgan fingerprint density at radius 3 is 2.56 bits per heavy atom. The first-order valence-corrected chi connectivity index (χ1v) is 6.84. The highest BCUT2D eigenvalue weighted by Gasteiger charge is 2.20. The maximum Gasteiger partial charge on any atom is 0.234 e. The summed E-state index contributed by atoms with van der Waals surface area (Å²) in [5.74, 6) is 1.19. The van der Waals surface area contributed by atoms with Gasteiger partial charge in [-0.15, -0.1) is 0 Å². The zero-order chi connectivity index (χ0) is 11.2. The largest absolute Gasteiger partial charge is 0.352 e. The quantitative estimate of drug-likeness (QED) is 0.648. The van der Waals surface area contributed by atoms with E-state index in [4.69, 9.17) is 0 Å². The minimum Gasteiger partial charge on any atom is -0.352 e. The number of carbonyl (C=O) groups is 1. The molecule has 0 radical (unpaired) electrons. The summed E-state index contributed by atoms with van der Waals surface area (Å²) >= 11 is 0. The van der Waals surface area contributed by atoms with Crippen LogP contribution in [0, 0.1) is 5.92 Å². The van der Waals surface area contributed by atoms with E-state index in [0.29, 0.717) is 12.6 Å². The van der Waals surface area contributed by atoms with Crippen molar-refractivity contribution in [2.24, 2.45) is 5.92 Å². The molecule has 0 spiro atoms. The topological polar surface area (TPSA) is 41.1 Å². The predicted molar refractivity (Wildman–Crippen MR) is 65.2 cm³/mol. The van der Waals surface area contributed by atoms with E-state index in [2.05, 4.69) is 10.6 Å². The normalized spacial score (nSPS) is 21.2. The fourth-order valence-corrected chi connectivity index (χ4v) is 2.47. The lowest BCUT2D eigenvalue weighted by molar-refractivity contribution is -0.120. The van der Waals surface area contributed by atoms with Crippen molar-refractivity contribution in [3.05, 3.63) is 0 Å². The minimum atomic E-state index is 0.179. The molecule has 0 saturated heterocycles. The van der Waals surface area contributed by atoms with Gasteiger partial charge in [0.2, 0.25) is 5.91 Å². The minimum absolute atomic E-state index is 0.179. The molecule has 3 heteroatoms. The number of amides is 1. The van der Waals surface area contributed by atoms with Crippen LogP contribution < -0.4 is 10.6 Å². The molecule has 3 nitrogen and oxygen atoms in total. The number of carbonyl (C=O) groups excluding carboxylic acids is 1. The standard InChI is InChI=1S/C13H24N2O/c16-13(15-12-5-1-2-6-12)10-14-9-3-4-11-7-8-11/h11-12,14H,1-10H2,(H,15,16). The van der Waals surface area contributed by atoms with Gasteiger partial charge in [0.05, 0.1) is 6.54 Å². The Labute approximate surface area is 98.4 Å². The van der Waals surface area contributed by atoms with Crippen molar-refractivity contribution in [3.63, 3.8) is 0 Å². The maximum atomic E-state index is 11.5. The second-order valence-electron chi connectivity index (χ2n) is 5.31. The van der Waals surface area contributed by atoms with E-state index in [9.17, 15) is 4.79 Å². The highest BCUT2D eigenvalue weighted by molar-refractivity contribution is 5.78. The van der Waals surface area contributed by atoms with Crippen LogP contribution in [0.4, 0.5) is 0 Å². The van der Waals surface area contributed by atoms with Crippen LogP contribution in [0.2, 0.25) is 0 Å². The summed E-state index contributed by atoms with van der Waals surface area (Å²) in [6, 6.07) is 0.459. The summed E-state index contributed by atoms with van der Waals surface area (Å²) in [6.07, 6.45) is 10.3. The fourth-order valence-electron chi connectivity index (χ4n) is 2.47. The Hall–Kier alpha value is -0.570. The molecule has 92 valence electrons. The van der Waals surface area contributed by atoms with Crippen molar-refractivity contribution >= 4 is 5.91 Å². The average Bonchev–Trinajstić information content (AvgIpc) is 2.95. The first-order chi connectivity index (χ1) is 7.84. The highest BCUT2D eigenvalue weighted by atomic mass is 16.1. The summed E-state index contributed by atoms with van der Waals surface area (Å²) in [5.41, 5.74) is 0. The van der Waals surface area contributed by atoms with Gasteiger partial charge in [-0.25, -0.2) is 0 Å². The summed E-state index contributed by atoms with van der Waals surface area (Å²) in [6.45, 7) is 1.50. The molecule has 16 heavy (non-hydrogen) atoms. The lowest BCUT2D eigenvalue weighted by Gasteiger charge is -2.12. The van der Waals surface area contributed by atoms with Gasteiger partial charge in [-0.05, 0) is 38.1 Å². The van der Waals surface area contributed by atoms with Gasteiger partial charge in [0, 0.05) is 6.04 Å². The maximum absolute atomic E-state index is 11.5. The summed E-state index contributed by atoms with van der Waals surface area (Å²) in [4.78, 5) is 11.5.